The van der Waals surface area contributed by atoms with Gasteiger partial charge in [-0.2, -0.15) is 5.10 Å². The van der Waals surface area contributed by atoms with Crippen LogP contribution in [0.4, 0.5) is 0 Å². The number of halogens is 1. The molecule has 0 amide bonds. The van der Waals surface area contributed by atoms with Gasteiger partial charge in [-0.1, -0.05) is 15.9 Å². The average molecular weight is 357 g/mol. The van der Waals surface area contributed by atoms with Crippen molar-refractivity contribution in [3.8, 4) is 5.75 Å². The molecule has 20 heavy (non-hydrogen) atoms. The molecule has 0 aliphatic carbocycles. The van der Waals surface area contributed by atoms with Gasteiger partial charge in [0.05, 0.1) is 13.3 Å². The Morgan fingerprint density at radius 1 is 1.40 bits per heavy atom. The van der Waals surface area contributed by atoms with Gasteiger partial charge in [0.1, 0.15) is 11.8 Å². The highest BCUT2D eigenvalue weighted by Gasteiger charge is 2.19. The number of methoxy groups -OCH3 is 1. The van der Waals surface area contributed by atoms with Crippen LogP contribution in [-0.2, 0) is 6.54 Å². The lowest BCUT2D eigenvalue weighted by molar-refractivity contribution is 0.187. The van der Waals surface area contributed by atoms with E-state index in [1.165, 1.54) is 0 Å². The number of hydrogen-bond acceptors (Lipinski definition) is 4. The van der Waals surface area contributed by atoms with Gasteiger partial charge in [-0.05, 0) is 31.2 Å². The van der Waals surface area contributed by atoms with E-state index in [0.29, 0.717) is 18.0 Å². The fourth-order valence-electron chi connectivity index (χ4n) is 1.91. The van der Waals surface area contributed by atoms with E-state index in [2.05, 4.69) is 21.0 Å². The van der Waals surface area contributed by atoms with E-state index in [9.17, 15) is 5.11 Å². The molecular formula is C14H17BrN2O2S. The Balaban J connectivity index is 2.06. The molecule has 0 spiro atoms. The molecule has 1 aromatic heterocycles. The summed E-state index contributed by atoms with van der Waals surface area (Å²) in [6, 6.07) is 8.03. The minimum atomic E-state index is -0.610. The largest absolute Gasteiger partial charge is 0.493 e. The van der Waals surface area contributed by atoms with Gasteiger partial charge in [-0.3, -0.25) is 4.68 Å². The Morgan fingerprint density at radius 2 is 2.10 bits per heavy atom. The summed E-state index contributed by atoms with van der Waals surface area (Å²) in [6.45, 7) is 2.70. The summed E-state index contributed by atoms with van der Waals surface area (Å²) in [5.74, 6) is 1.19. The quantitative estimate of drug-likeness (QED) is 0.804. The second kappa shape index (κ2) is 7.15. The smallest absolute Gasteiger partial charge is 0.162 e. The number of aromatic nitrogens is 2. The number of nitrogens with zero attached hydrogens (tertiary/aromatic N) is 2. The molecular weight excluding hydrogens is 340 g/mol. The summed E-state index contributed by atoms with van der Waals surface area (Å²) in [7, 11) is 1.59. The van der Waals surface area contributed by atoms with Crippen LogP contribution >= 0.6 is 27.7 Å². The number of thioether (sulfide) groups is 1. The molecule has 0 saturated carbocycles. The highest BCUT2D eigenvalue weighted by molar-refractivity contribution is 9.10. The van der Waals surface area contributed by atoms with Crippen LogP contribution in [0.25, 0.3) is 0 Å². The maximum atomic E-state index is 10.4. The summed E-state index contributed by atoms with van der Waals surface area (Å²) in [4.78, 5) is 1.12. The molecule has 1 N–H and O–H groups in total. The van der Waals surface area contributed by atoms with E-state index in [0.717, 1.165) is 15.1 Å². The zero-order valence-electron chi connectivity index (χ0n) is 11.4. The van der Waals surface area contributed by atoms with Gasteiger partial charge < -0.3 is 9.84 Å². The van der Waals surface area contributed by atoms with Crippen LogP contribution in [0, 0.1) is 0 Å². The predicted molar refractivity (Wildman–Crippen MR) is 84.3 cm³/mol. The summed E-state index contributed by atoms with van der Waals surface area (Å²) in [5, 5.41) is 14.6. The van der Waals surface area contributed by atoms with Crippen molar-refractivity contribution in [2.45, 2.75) is 24.5 Å². The van der Waals surface area contributed by atoms with Gasteiger partial charge in [-0.15, -0.1) is 11.8 Å². The number of aryl methyl sites for hydroxylation is 1. The number of hydrogen-bond donors (Lipinski definition) is 1. The van der Waals surface area contributed by atoms with E-state index < -0.39 is 6.10 Å². The Kier molecular flexibility index (Phi) is 5.51. The average Bonchev–Trinajstić information content (AvgIpc) is 2.89. The molecule has 4 nitrogen and oxygen atoms in total. The lowest BCUT2D eigenvalue weighted by atomic mass is 10.2. The fourth-order valence-corrected chi connectivity index (χ4v) is 3.01. The molecule has 2 rings (SSSR count). The van der Waals surface area contributed by atoms with Gasteiger partial charge in [0.15, 0.2) is 5.75 Å². The van der Waals surface area contributed by atoms with Crippen molar-refractivity contribution >= 4 is 27.7 Å². The highest BCUT2D eigenvalue weighted by atomic mass is 79.9. The Bertz CT molecular complexity index is 535. The number of ether oxygens (including phenoxy) is 1. The van der Waals surface area contributed by atoms with Crippen molar-refractivity contribution in [1.82, 2.24) is 9.78 Å². The Labute approximate surface area is 131 Å². The SMILES string of the molecule is CCn1ncc(OC)c1C(O)CSc1ccc(Br)cc1. The molecule has 1 heterocycles. The first-order chi connectivity index (χ1) is 9.65. The Morgan fingerprint density at radius 3 is 2.70 bits per heavy atom. The minimum Gasteiger partial charge on any atom is -0.493 e. The van der Waals surface area contributed by atoms with Crippen molar-refractivity contribution < 1.29 is 9.84 Å². The second-order valence-corrected chi connectivity index (χ2v) is 6.20. The number of benzene rings is 1. The highest BCUT2D eigenvalue weighted by Crippen LogP contribution is 2.30. The maximum Gasteiger partial charge on any atom is 0.162 e. The maximum absolute atomic E-state index is 10.4. The normalized spacial score (nSPS) is 12.4. The molecule has 2 aromatic rings. The fraction of sp³-hybridized carbons (Fsp3) is 0.357. The molecule has 0 aliphatic rings. The van der Waals surface area contributed by atoms with Crippen LogP contribution in [-0.4, -0.2) is 27.7 Å². The van der Waals surface area contributed by atoms with Gasteiger partial charge in [0, 0.05) is 21.7 Å². The van der Waals surface area contributed by atoms with E-state index in [4.69, 9.17) is 4.74 Å². The molecule has 108 valence electrons. The number of aliphatic hydroxyl groups is 1. The van der Waals surface area contributed by atoms with Crippen molar-refractivity contribution in [2.75, 3.05) is 12.9 Å². The third-order valence-corrected chi connectivity index (χ3v) is 4.52. The lowest BCUT2D eigenvalue weighted by Gasteiger charge is -2.14. The topological polar surface area (TPSA) is 47.3 Å². The molecule has 1 aromatic carbocycles. The molecule has 1 unspecified atom stereocenters. The van der Waals surface area contributed by atoms with Crippen molar-refractivity contribution in [1.29, 1.82) is 0 Å². The van der Waals surface area contributed by atoms with E-state index >= 15 is 0 Å². The Hall–Kier alpha value is -0.980. The third kappa shape index (κ3) is 3.56. The van der Waals surface area contributed by atoms with Crippen LogP contribution in [0.1, 0.15) is 18.7 Å². The molecule has 1 atom stereocenters. The summed E-state index contributed by atoms with van der Waals surface area (Å²) >= 11 is 5.01. The van der Waals surface area contributed by atoms with Crippen molar-refractivity contribution in [2.24, 2.45) is 0 Å². The first-order valence-corrected chi connectivity index (χ1v) is 8.09. The van der Waals surface area contributed by atoms with Crippen LogP contribution in [0.15, 0.2) is 39.8 Å². The molecule has 0 fully saturated rings. The minimum absolute atomic E-state index is 0.559. The van der Waals surface area contributed by atoms with Crippen LogP contribution in [0.5, 0.6) is 5.75 Å². The van der Waals surface area contributed by atoms with Crippen LogP contribution in [0.3, 0.4) is 0 Å². The van der Waals surface area contributed by atoms with E-state index in [-0.39, 0.29) is 0 Å². The van der Waals surface area contributed by atoms with E-state index in [1.807, 2.05) is 31.2 Å². The first-order valence-electron chi connectivity index (χ1n) is 6.31. The van der Waals surface area contributed by atoms with Crippen LogP contribution in [0.2, 0.25) is 0 Å². The van der Waals surface area contributed by atoms with Gasteiger partial charge in [0.25, 0.3) is 0 Å². The summed E-state index contributed by atoms with van der Waals surface area (Å²) in [6.07, 6.45) is 1.04. The third-order valence-electron chi connectivity index (χ3n) is 2.90. The molecule has 0 bridgehead atoms. The van der Waals surface area contributed by atoms with E-state index in [1.54, 1.807) is 29.8 Å². The monoisotopic (exact) mass is 356 g/mol. The zero-order chi connectivity index (χ0) is 14.5. The molecule has 0 saturated heterocycles. The van der Waals surface area contributed by atoms with Crippen molar-refractivity contribution in [3.05, 3.63) is 40.6 Å². The number of rotatable bonds is 6. The summed E-state index contributed by atoms with van der Waals surface area (Å²) < 4.78 is 8.08. The zero-order valence-corrected chi connectivity index (χ0v) is 13.8. The van der Waals surface area contributed by atoms with Crippen molar-refractivity contribution in [3.63, 3.8) is 0 Å². The number of aliphatic hydroxyl groups excluding tert-OH is 1. The lowest BCUT2D eigenvalue weighted by Crippen LogP contribution is -2.11. The second-order valence-electron chi connectivity index (χ2n) is 4.19. The molecule has 6 heteroatoms. The first kappa shape index (κ1) is 15.4. The van der Waals surface area contributed by atoms with Gasteiger partial charge in [-0.25, -0.2) is 0 Å². The van der Waals surface area contributed by atoms with Crippen LogP contribution < -0.4 is 4.74 Å². The molecule has 0 aliphatic heterocycles. The standard InChI is InChI=1S/C14H17BrN2O2S/c1-3-17-14(13(19-2)8-16-17)12(18)9-20-11-6-4-10(15)5-7-11/h4-8,12,18H,3,9H2,1-2H3. The van der Waals surface area contributed by atoms with Gasteiger partial charge >= 0.3 is 0 Å². The predicted octanol–water partition coefficient (Wildman–Crippen LogP) is 3.50. The summed E-state index contributed by atoms with van der Waals surface area (Å²) in [5.41, 5.74) is 0.736. The molecule has 0 radical (unpaired) electrons. The van der Waals surface area contributed by atoms with Gasteiger partial charge in [0.2, 0.25) is 0 Å².